The zero-order valence-electron chi connectivity index (χ0n) is 9.30. The molecule has 1 aromatic rings. The number of rotatable bonds is 3. The standard InChI is InChI=1S/C10H14N4O2/c1-10(16-2)4-14(5-10)8-3-7(9(11)15)12-6-13-8/h3,6H,4-5H2,1-2H3,(H2,11,15). The number of carbonyl (C=O) groups excluding carboxylic acids is 1. The Labute approximate surface area is 93.4 Å². The second-order valence-corrected chi connectivity index (χ2v) is 4.14. The minimum Gasteiger partial charge on any atom is -0.375 e. The highest BCUT2D eigenvalue weighted by molar-refractivity contribution is 5.91. The summed E-state index contributed by atoms with van der Waals surface area (Å²) in [7, 11) is 1.69. The summed E-state index contributed by atoms with van der Waals surface area (Å²) in [4.78, 5) is 20.9. The van der Waals surface area contributed by atoms with Crippen LogP contribution in [-0.4, -0.2) is 41.7 Å². The lowest BCUT2D eigenvalue weighted by molar-refractivity contribution is -0.0171. The highest BCUT2D eigenvalue weighted by Gasteiger charge is 2.39. The van der Waals surface area contributed by atoms with Gasteiger partial charge < -0.3 is 15.4 Å². The Hall–Kier alpha value is -1.69. The number of nitrogens with two attached hydrogens (primary N) is 1. The predicted molar refractivity (Wildman–Crippen MR) is 58.2 cm³/mol. The maximum absolute atomic E-state index is 11.0. The van der Waals surface area contributed by atoms with Crippen molar-refractivity contribution in [1.82, 2.24) is 9.97 Å². The molecule has 1 amide bonds. The first-order valence-corrected chi connectivity index (χ1v) is 4.96. The van der Waals surface area contributed by atoms with Crippen LogP contribution in [0, 0.1) is 0 Å². The predicted octanol–water partition coefficient (Wildman–Crippen LogP) is -0.199. The molecule has 0 aromatic carbocycles. The maximum atomic E-state index is 11.0. The molecule has 2 rings (SSSR count). The summed E-state index contributed by atoms with van der Waals surface area (Å²) >= 11 is 0. The van der Waals surface area contributed by atoms with Crippen LogP contribution in [0.4, 0.5) is 5.82 Å². The number of hydrogen-bond donors (Lipinski definition) is 1. The van der Waals surface area contributed by atoms with Gasteiger partial charge in [0.25, 0.3) is 5.91 Å². The van der Waals surface area contributed by atoms with Gasteiger partial charge in [0.05, 0.1) is 5.60 Å². The van der Waals surface area contributed by atoms with Crippen LogP contribution in [0.15, 0.2) is 12.4 Å². The first-order valence-electron chi connectivity index (χ1n) is 4.96. The fourth-order valence-corrected chi connectivity index (χ4v) is 1.71. The van der Waals surface area contributed by atoms with Crippen LogP contribution in [0.5, 0.6) is 0 Å². The molecule has 0 saturated carbocycles. The lowest BCUT2D eigenvalue weighted by Gasteiger charge is -2.47. The van der Waals surface area contributed by atoms with E-state index in [0.29, 0.717) is 5.82 Å². The molecule has 2 N–H and O–H groups in total. The van der Waals surface area contributed by atoms with Crippen molar-refractivity contribution >= 4 is 11.7 Å². The van der Waals surface area contributed by atoms with Gasteiger partial charge in [0.2, 0.25) is 0 Å². The van der Waals surface area contributed by atoms with E-state index < -0.39 is 5.91 Å². The minimum absolute atomic E-state index is 0.127. The van der Waals surface area contributed by atoms with Crippen LogP contribution in [0.3, 0.4) is 0 Å². The van der Waals surface area contributed by atoms with E-state index in [0.717, 1.165) is 13.1 Å². The molecule has 0 aliphatic carbocycles. The van der Waals surface area contributed by atoms with Crippen molar-refractivity contribution < 1.29 is 9.53 Å². The van der Waals surface area contributed by atoms with Crippen LogP contribution in [0.25, 0.3) is 0 Å². The van der Waals surface area contributed by atoms with Crippen LogP contribution in [0.1, 0.15) is 17.4 Å². The molecule has 1 aromatic heterocycles. The molecule has 0 radical (unpaired) electrons. The zero-order valence-corrected chi connectivity index (χ0v) is 9.30. The molecule has 86 valence electrons. The summed E-state index contributed by atoms with van der Waals surface area (Å²) in [5.41, 5.74) is 5.25. The van der Waals surface area contributed by atoms with E-state index in [1.807, 2.05) is 11.8 Å². The third-order valence-electron chi connectivity index (χ3n) is 2.77. The fourth-order valence-electron chi connectivity index (χ4n) is 1.71. The van der Waals surface area contributed by atoms with Gasteiger partial charge in [-0.15, -0.1) is 0 Å². The van der Waals surface area contributed by atoms with Gasteiger partial charge in [-0.1, -0.05) is 0 Å². The number of ether oxygens (including phenoxy) is 1. The zero-order chi connectivity index (χ0) is 11.8. The molecule has 1 aliphatic heterocycles. The van der Waals surface area contributed by atoms with Gasteiger partial charge in [0.1, 0.15) is 17.8 Å². The Kier molecular flexibility index (Phi) is 2.51. The first-order chi connectivity index (χ1) is 7.54. The van der Waals surface area contributed by atoms with Crippen molar-refractivity contribution in [3.63, 3.8) is 0 Å². The molecule has 0 spiro atoms. The number of carbonyl (C=O) groups is 1. The third kappa shape index (κ3) is 1.83. The topological polar surface area (TPSA) is 81.3 Å². The quantitative estimate of drug-likeness (QED) is 0.766. The highest BCUT2D eigenvalue weighted by Crippen LogP contribution is 2.28. The number of nitrogens with zero attached hydrogens (tertiary/aromatic N) is 3. The van der Waals surface area contributed by atoms with Crippen LogP contribution < -0.4 is 10.6 Å². The van der Waals surface area contributed by atoms with Crippen LogP contribution >= 0.6 is 0 Å². The summed E-state index contributed by atoms with van der Waals surface area (Å²) in [6, 6.07) is 1.59. The Bertz CT molecular complexity index is 415. The highest BCUT2D eigenvalue weighted by atomic mass is 16.5. The molecule has 1 aliphatic rings. The van der Waals surface area contributed by atoms with Gasteiger partial charge in [0.15, 0.2) is 0 Å². The van der Waals surface area contributed by atoms with E-state index in [4.69, 9.17) is 10.5 Å². The summed E-state index contributed by atoms with van der Waals surface area (Å²) in [6.45, 7) is 3.52. The normalized spacial score (nSPS) is 18.0. The number of anilines is 1. The Balaban J connectivity index is 2.12. The number of methoxy groups -OCH3 is 1. The Morgan fingerprint density at radius 3 is 2.81 bits per heavy atom. The molecule has 16 heavy (non-hydrogen) atoms. The molecule has 0 atom stereocenters. The molecule has 6 nitrogen and oxygen atoms in total. The monoisotopic (exact) mass is 222 g/mol. The van der Waals surface area contributed by atoms with Gasteiger partial charge in [-0.05, 0) is 6.92 Å². The van der Waals surface area contributed by atoms with Gasteiger partial charge >= 0.3 is 0 Å². The molecule has 1 fully saturated rings. The largest absolute Gasteiger partial charge is 0.375 e. The Morgan fingerprint density at radius 2 is 2.25 bits per heavy atom. The van der Waals surface area contributed by atoms with Crippen molar-refractivity contribution in [1.29, 1.82) is 0 Å². The second kappa shape index (κ2) is 3.71. The number of amides is 1. The minimum atomic E-state index is -0.543. The molecular formula is C10H14N4O2. The molecular weight excluding hydrogens is 208 g/mol. The number of primary amides is 1. The molecule has 0 bridgehead atoms. The van der Waals surface area contributed by atoms with Crippen LogP contribution in [-0.2, 0) is 4.74 Å². The summed E-state index contributed by atoms with van der Waals surface area (Å²) in [6.07, 6.45) is 1.35. The van der Waals surface area contributed by atoms with E-state index in [2.05, 4.69) is 9.97 Å². The van der Waals surface area contributed by atoms with Gasteiger partial charge in [-0.3, -0.25) is 4.79 Å². The van der Waals surface area contributed by atoms with E-state index in [-0.39, 0.29) is 11.3 Å². The maximum Gasteiger partial charge on any atom is 0.267 e. The van der Waals surface area contributed by atoms with Crippen molar-refractivity contribution in [3.05, 3.63) is 18.1 Å². The van der Waals surface area contributed by atoms with Crippen LogP contribution in [0.2, 0.25) is 0 Å². The lowest BCUT2D eigenvalue weighted by Crippen LogP contribution is -2.61. The SMILES string of the molecule is COC1(C)CN(c2cc(C(N)=O)ncn2)C1. The molecule has 6 heteroatoms. The van der Waals surface area contributed by atoms with Crippen molar-refractivity contribution in [2.75, 3.05) is 25.1 Å². The third-order valence-corrected chi connectivity index (χ3v) is 2.77. The lowest BCUT2D eigenvalue weighted by atomic mass is 9.96. The molecule has 2 heterocycles. The van der Waals surface area contributed by atoms with Gasteiger partial charge in [0, 0.05) is 26.3 Å². The van der Waals surface area contributed by atoms with E-state index in [1.165, 1.54) is 6.33 Å². The molecule has 0 unspecified atom stereocenters. The van der Waals surface area contributed by atoms with Gasteiger partial charge in [-0.2, -0.15) is 0 Å². The summed E-state index contributed by atoms with van der Waals surface area (Å²) in [5.74, 6) is 0.164. The number of aromatic nitrogens is 2. The average molecular weight is 222 g/mol. The van der Waals surface area contributed by atoms with Crippen molar-refractivity contribution in [3.8, 4) is 0 Å². The fraction of sp³-hybridized carbons (Fsp3) is 0.500. The summed E-state index contributed by atoms with van der Waals surface area (Å²) < 4.78 is 5.33. The van der Waals surface area contributed by atoms with Crippen molar-refractivity contribution in [2.45, 2.75) is 12.5 Å². The van der Waals surface area contributed by atoms with Crippen molar-refractivity contribution in [2.24, 2.45) is 5.73 Å². The average Bonchev–Trinajstić information content (AvgIpc) is 2.25. The molecule has 1 saturated heterocycles. The second-order valence-electron chi connectivity index (χ2n) is 4.14. The van der Waals surface area contributed by atoms with Gasteiger partial charge in [-0.25, -0.2) is 9.97 Å². The Morgan fingerprint density at radius 1 is 1.56 bits per heavy atom. The number of hydrogen-bond acceptors (Lipinski definition) is 5. The summed E-state index contributed by atoms with van der Waals surface area (Å²) in [5, 5.41) is 0. The van der Waals surface area contributed by atoms with E-state index in [1.54, 1.807) is 13.2 Å². The first kappa shape index (κ1) is 10.8. The van der Waals surface area contributed by atoms with E-state index >= 15 is 0 Å². The van der Waals surface area contributed by atoms with E-state index in [9.17, 15) is 4.79 Å². The smallest absolute Gasteiger partial charge is 0.267 e.